The molecule has 1 aromatic carbocycles. The molecule has 0 unspecified atom stereocenters. The zero-order valence-corrected chi connectivity index (χ0v) is 16.5. The summed E-state index contributed by atoms with van der Waals surface area (Å²) in [5.41, 5.74) is 0. The third-order valence-corrected chi connectivity index (χ3v) is 4.72. The van der Waals surface area contributed by atoms with Gasteiger partial charge in [-0.2, -0.15) is 0 Å². The Bertz CT molecular complexity index is 608. The quantitative estimate of drug-likeness (QED) is 0.526. The molecule has 0 saturated carbocycles. The number of hydrogen-bond donors (Lipinski definition) is 3. The third-order valence-electron chi connectivity index (χ3n) is 3.25. The molecular formula is C16H28ClN3O4S. The van der Waals surface area contributed by atoms with E-state index in [-0.39, 0.29) is 42.2 Å². The minimum absolute atomic E-state index is 0. The van der Waals surface area contributed by atoms with Crippen LogP contribution in [0, 0.1) is 0 Å². The molecule has 9 heteroatoms. The molecule has 7 nitrogen and oxygen atoms in total. The first-order valence-electron chi connectivity index (χ1n) is 8.11. The van der Waals surface area contributed by atoms with E-state index in [1.54, 1.807) is 12.1 Å². The van der Waals surface area contributed by atoms with E-state index in [0.717, 1.165) is 6.54 Å². The van der Waals surface area contributed by atoms with Crippen LogP contribution in [-0.2, 0) is 14.8 Å². The Morgan fingerprint density at radius 3 is 2.40 bits per heavy atom. The zero-order chi connectivity index (χ0) is 18.0. The van der Waals surface area contributed by atoms with Crippen LogP contribution in [0.15, 0.2) is 29.2 Å². The average Bonchev–Trinajstić information content (AvgIpc) is 2.54. The molecule has 0 bridgehead atoms. The first kappa shape index (κ1) is 23.6. The highest BCUT2D eigenvalue weighted by atomic mass is 35.5. The summed E-state index contributed by atoms with van der Waals surface area (Å²) < 4.78 is 32.0. The van der Waals surface area contributed by atoms with Crippen molar-refractivity contribution >= 4 is 28.3 Å². The fourth-order valence-electron chi connectivity index (χ4n) is 2.04. The van der Waals surface area contributed by atoms with E-state index in [0.29, 0.717) is 18.9 Å². The number of carbonyl (C=O) groups is 1. The van der Waals surface area contributed by atoms with E-state index in [1.165, 1.54) is 12.1 Å². The molecule has 3 N–H and O–H groups in total. The van der Waals surface area contributed by atoms with Crippen LogP contribution in [0.5, 0.6) is 5.75 Å². The molecule has 0 aromatic heterocycles. The highest BCUT2D eigenvalue weighted by molar-refractivity contribution is 7.89. The van der Waals surface area contributed by atoms with Crippen LogP contribution in [0.1, 0.15) is 27.2 Å². The van der Waals surface area contributed by atoms with E-state index in [9.17, 15) is 13.2 Å². The van der Waals surface area contributed by atoms with Gasteiger partial charge >= 0.3 is 0 Å². The lowest BCUT2D eigenvalue weighted by Gasteiger charge is -2.13. The van der Waals surface area contributed by atoms with Gasteiger partial charge in [-0.1, -0.05) is 6.92 Å². The number of halogens is 1. The van der Waals surface area contributed by atoms with Crippen molar-refractivity contribution in [2.75, 3.05) is 26.2 Å². The first-order chi connectivity index (χ1) is 11.4. The van der Waals surface area contributed by atoms with Crippen LogP contribution in [0.3, 0.4) is 0 Å². The number of likely N-dealkylation sites (N-methyl/N-ethyl adjacent to an activating group) is 1. The lowest BCUT2D eigenvalue weighted by molar-refractivity contribution is -0.121. The predicted molar refractivity (Wildman–Crippen MR) is 101 cm³/mol. The van der Waals surface area contributed by atoms with Crippen LogP contribution in [0.25, 0.3) is 0 Å². The van der Waals surface area contributed by atoms with Crippen LogP contribution in [0.4, 0.5) is 0 Å². The minimum Gasteiger partial charge on any atom is -0.494 e. The molecule has 0 radical (unpaired) electrons. The second kappa shape index (κ2) is 12.1. The molecular weight excluding hydrogens is 366 g/mol. The molecule has 1 aromatic rings. The van der Waals surface area contributed by atoms with Gasteiger partial charge in [0.05, 0.1) is 11.5 Å². The van der Waals surface area contributed by atoms with Crippen LogP contribution >= 0.6 is 12.4 Å². The fraction of sp³-hybridized carbons (Fsp3) is 0.562. The molecule has 1 amide bonds. The van der Waals surface area contributed by atoms with Gasteiger partial charge in [-0.15, -0.1) is 12.4 Å². The molecule has 0 fully saturated rings. The second-order valence-electron chi connectivity index (χ2n) is 5.31. The summed E-state index contributed by atoms with van der Waals surface area (Å²) in [6.07, 6.45) is 0.0924. The molecule has 0 aliphatic carbocycles. The van der Waals surface area contributed by atoms with Crippen molar-refractivity contribution in [3.8, 4) is 5.75 Å². The van der Waals surface area contributed by atoms with Crippen molar-refractivity contribution in [2.45, 2.75) is 38.1 Å². The van der Waals surface area contributed by atoms with Crippen LogP contribution in [-0.4, -0.2) is 46.6 Å². The Balaban J connectivity index is 0.00000576. The highest BCUT2D eigenvalue weighted by Gasteiger charge is 2.14. The van der Waals surface area contributed by atoms with Gasteiger partial charge in [0.15, 0.2) is 0 Å². The van der Waals surface area contributed by atoms with Crippen molar-refractivity contribution in [1.29, 1.82) is 0 Å². The monoisotopic (exact) mass is 393 g/mol. The molecule has 0 saturated heterocycles. The summed E-state index contributed by atoms with van der Waals surface area (Å²) in [5, 5.41) is 5.94. The number of carbonyl (C=O) groups excluding carboxylic acids is 1. The molecule has 0 heterocycles. The smallest absolute Gasteiger partial charge is 0.240 e. The van der Waals surface area contributed by atoms with Gasteiger partial charge in [0.1, 0.15) is 5.75 Å². The molecule has 1 rings (SSSR count). The van der Waals surface area contributed by atoms with Gasteiger partial charge in [-0.05, 0) is 44.7 Å². The van der Waals surface area contributed by atoms with Crippen molar-refractivity contribution in [1.82, 2.24) is 15.4 Å². The number of ether oxygens (including phenoxy) is 1. The number of amides is 1. The van der Waals surface area contributed by atoms with E-state index >= 15 is 0 Å². The van der Waals surface area contributed by atoms with E-state index in [1.807, 2.05) is 20.8 Å². The van der Waals surface area contributed by atoms with Crippen molar-refractivity contribution in [3.63, 3.8) is 0 Å². The summed E-state index contributed by atoms with van der Waals surface area (Å²) in [5.74, 6) is 0.430. The summed E-state index contributed by atoms with van der Waals surface area (Å²) in [6, 6.07) is 6.34. The van der Waals surface area contributed by atoms with Crippen molar-refractivity contribution in [3.05, 3.63) is 24.3 Å². The minimum atomic E-state index is -3.63. The van der Waals surface area contributed by atoms with Crippen molar-refractivity contribution < 1.29 is 17.9 Å². The Morgan fingerprint density at radius 2 is 1.84 bits per heavy atom. The Morgan fingerprint density at radius 1 is 1.20 bits per heavy atom. The summed E-state index contributed by atoms with van der Waals surface area (Å²) in [4.78, 5) is 11.8. The predicted octanol–water partition coefficient (Wildman–Crippen LogP) is 1.29. The summed E-state index contributed by atoms with van der Waals surface area (Å²) >= 11 is 0. The maximum atomic E-state index is 12.1. The number of rotatable bonds is 11. The van der Waals surface area contributed by atoms with Gasteiger partial charge in [-0.3, -0.25) is 4.79 Å². The molecule has 1 atom stereocenters. The van der Waals surface area contributed by atoms with Crippen molar-refractivity contribution in [2.24, 2.45) is 0 Å². The Kier molecular flexibility index (Phi) is 11.4. The average molecular weight is 394 g/mol. The number of hydrogen-bond acceptors (Lipinski definition) is 5. The SMILES string of the molecule is CCN[C@H](C)CNC(=O)CCNS(=O)(=O)c1ccc(OCC)cc1.Cl. The topological polar surface area (TPSA) is 96.5 Å². The van der Waals surface area contributed by atoms with Gasteiger partial charge in [0, 0.05) is 25.6 Å². The van der Waals surface area contributed by atoms with E-state index in [4.69, 9.17) is 4.74 Å². The number of sulfonamides is 1. The normalized spacial score (nSPS) is 12.1. The van der Waals surface area contributed by atoms with E-state index in [2.05, 4.69) is 15.4 Å². The lowest BCUT2D eigenvalue weighted by atomic mass is 10.3. The molecule has 144 valence electrons. The molecule has 25 heavy (non-hydrogen) atoms. The Labute approximate surface area is 156 Å². The summed E-state index contributed by atoms with van der Waals surface area (Å²) in [7, 11) is -3.63. The molecule has 0 aliphatic heterocycles. The third kappa shape index (κ3) is 9.06. The van der Waals surface area contributed by atoms with Gasteiger partial charge in [-0.25, -0.2) is 13.1 Å². The van der Waals surface area contributed by atoms with Gasteiger partial charge in [0.25, 0.3) is 0 Å². The summed E-state index contributed by atoms with van der Waals surface area (Å²) in [6.45, 7) is 7.74. The van der Waals surface area contributed by atoms with Gasteiger partial charge in [0.2, 0.25) is 15.9 Å². The number of benzene rings is 1. The largest absolute Gasteiger partial charge is 0.494 e. The van der Waals surface area contributed by atoms with Gasteiger partial charge < -0.3 is 15.4 Å². The Hall–Kier alpha value is -1.35. The number of nitrogens with one attached hydrogen (secondary N) is 3. The van der Waals surface area contributed by atoms with Crippen LogP contribution in [0.2, 0.25) is 0 Å². The highest BCUT2D eigenvalue weighted by Crippen LogP contribution is 2.15. The fourth-order valence-corrected chi connectivity index (χ4v) is 3.07. The maximum Gasteiger partial charge on any atom is 0.240 e. The molecule has 0 spiro atoms. The second-order valence-corrected chi connectivity index (χ2v) is 7.08. The molecule has 0 aliphatic rings. The van der Waals surface area contributed by atoms with Crippen LogP contribution < -0.4 is 20.1 Å². The van der Waals surface area contributed by atoms with E-state index < -0.39 is 10.0 Å². The first-order valence-corrected chi connectivity index (χ1v) is 9.60. The lowest BCUT2D eigenvalue weighted by Crippen LogP contribution is -2.39. The zero-order valence-electron chi connectivity index (χ0n) is 14.9. The standard InChI is InChI=1S/C16H27N3O4S.ClH/c1-4-17-13(3)12-18-16(20)10-11-19-24(21,22)15-8-6-14(7-9-15)23-5-2;/h6-9,13,17,19H,4-5,10-12H2,1-3H3,(H,18,20);1H/t13-;/m1./s1. The maximum absolute atomic E-state index is 12.1.